The summed E-state index contributed by atoms with van der Waals surface area (Å²) in [6.07, 6.45) is 0. The zero-order valence-corrected chi connectivity index (χ0v) is 7.35. The second kappa shape index (κ2) is 7.49. The third kappa shape index (κ3) is 4.65. The van der Waals surface area contributed by atoms with Gasteiger partial charge in [0.2, 0.25) is 0 Å². The van der Waals surface area contributed by atoms with E-state index in [4.69, 9.17) is 0 Å². The Morgan fingerprint density at radius 1 is 0.875 bits per heavy atom. The molecule has 50 valence electrons. The van der Waals surface area contributed by atoms with Crippen LogP contribution in [0.3, 0.4) is 0 Å². The van der Waals surface area contributed by atoms with Gasteiger partial charge in [0.25, 0.3) is 14.1 Å². The van der Waals surface area contributed by atoms with Gasteiger partial charge in [-0.2, -0.15) is 0 Å². The first-order chi connectivity index (χ1) is 3.35. The predicted molar refractivity (Wildman–Crippen MR) is 40.8 cm³/mol. The zero-order valence-electron chi connectivity index (χ0n) is 6.20. The molecular formula is C6H17AlO. The highest BCUT2D eigenvalue weighted by molar-refractivity contribution is 6.58. The molecule has 0 aromatic heterocycles. The van der Waals surface area contributed by atoms with E-state index in [1.807, 2.05) is 0 Å². The van der Waals surface area contributed by atoms with E-state index in [1.165, 1.54) is 15.8 Å². The van der Waals surface area contributed by atoms with E-state index in [9.17, 15) is 0 Å². The second-order valence-electron chi connectivity index (χ2n) is 2.09. The maximum atomic E-state index is 2.32. The average molecular weight is 132 g/mol. The van der Waals surface area contributed by atoms with Crippen LogP contribution in [0, 0.1) is 0 Å². The summed E-state index contributed by atoms with van der Waals surface area (Å²) in [5.74, 6) is 0. The van der Waals surface area contributed by atoms with Gasteiger partial charge in [-0.1, -0.05) is 36.6 Å². The first-order valence-electron chi connectivity index (χ1n) is 3.35. The molecule has 0 saturated heterocycles. The van der Waals surface area contributed by atoms with Crippen LogP contribution in [0.4, 0.5) is 0 Å². The van der Waals surface area contributed by atoms with Gasteiger partial charge in [-0.15, -0.1) is 0 Å². The van der Waals surface area contributed by atoms with E-state index >= 15 is 0 Å². The van der Waals surface area contributed by atoms with Crippen molar-refractivity contribution < 1.29 is 5.48 Å². The van der Waals surface area contributed by atoms with Gasteiger partial charge in [0.1, 0.15) is 0 Å². The van der Waals surface area contributed by atoms with Crippen LogP contribution < -0.4 is 0 Å². The quantitative estimate of drug-likeness (QED) is 0.523. The van der Waals surface area contributed by atoms with E-state index in [2.05, 4.69) is 20.8 Å². The molecule has 0 aromatic carbocycles. The van der Waals surface area contributed by atoms with Crippen LogP contribution in [0.25, 0.3) is 0 Å². The van der Waals surface area contributed by atoms with Gasteiger partial charge in [0, 0.05) is 0 Å². The molecule has 0 atom stereocenters. The molecular weight excluding hydrogens is 115 g/mol. The van der Waals surface area contributed by atoms with Gasteiger partial charge in [-0.05, 0) is 0 Å². The predicted octanol–water partition coefficient (Wildman–Crippen LogP) is 1.72. The Balaban J connectivity index is 0. The molecule has 0 spiro atoms. The van der Waals surface area contributed by atoms with Crippen LogP contribution in [0.1, 0.15) is 20.8 Å². The maximum absolute atomic E-state index is 2.32. The fourth-order valence-corrected chi connectivity index (χ4v) is 2.60. The molecule has 0 aliphatic heterocycles. The van der Waals surface area contributed by atoms with Gasteiger partial charge >= 0.3 is 0 Å². The highest BCUT2D eigenvalue weighted by Crippen LogP contribution is 2.01. The van der Waals surface area contributed by atoms with Crippen molar-refractivity contribution in [3.63, 3.8) is 0 Å². The molecule has 0 aliphatic rings. The fourth-order valence-electron chi connectivity index (χ4n) is 0.866. The summed E-state index contributed by atoms with van der Waals surface area (Å²) < 4.78 is 0. The van der Waals surface area contributed by atoms with Gasteiger partial charge in [-0.3, -0.25) is 0 Å². The normalized spacial score (nSPS) is 7.88. The summed E-state index contributed by atoms with van der Waals surface area (Å²) >= 11 is -0.171. The number of hydrogen-bond acceptors (Lipinski definition) is 0. The second-order valence-corrected chi connectivity index (χ2v) is 6.27. The highest BCUT2D eigenvalue weighted by Gasteiger charge is 2.05. The topological polar surface area (TPSA) is 31.5 Å². The largest absolute Gasteiger partial charge is 0.412 e. The SMILES string of the molecule is C[CH2][Al]([CH2]C)[CH2]C.O. The van der Waals surface area contributed by atoms with E-state index in [1.54, 1.807) is 0 Å². The molecule has 1 nitrogen and oxygen atoms in total. The summed E-state index contributed by atoms with van der Waals surface area (Å²) in [6.45, 7) is 6.97. The molecule has 0 aliphatic carbocycles. The van der Waals surface area contributed by atoms with Crippen molar-refractivity contribution >= 4 is 14.1 Å². The monoisotopic (exact) mass is 132 g/mol. The molecule has 8 heavy (non-hydrogen) atoms. The molecule has 0 radical (unpaired) electrons. The Bertz CT molecular complexity index is 30.0. The molecule has 0 saturated carbocycles. The van der Waals surface area contributed by atoms with E-state index in [0.29, 0.717) is 0 Å². The van der Waals surface area contributed by atoms with E-state index in [-0.39, 0.29) is 19.6 Å². The Kier molecular flexibility index (Phi) is 10.6. The Hall–Kier alpha value is 0.492. The van der Waals surface area contributed by atoms with Crippen molar-refractivity contribution in [1.82, 2.24) is 0 Å². The third-order valence-electron chi connectivity index (χ3n) is 1.73. The fraction of sp³-hybridized carbons (Fsp3) is 1.00. The molecule has 0 fully saturated rings. The molecule has 0 heterocycles. The lowest BCUT2D eigenvalue weighted by molar-refractivity contribution is 0.824. The minimum atomic E-state index is -0.171. The van der Waals surface area contributed by atoms with Crippen LogP contribution in [0.15, 0.2) is 0 Å². The van der Waals surface area contributed by atoms with Gasteiger partial charge in [0.05, 0.1) is 0 Å². The Morgan fingerprint density at radius 2 is 1.12 bits per heavy atom. The minimum absolute atomic E-state index is 0. The average Bonchev–Trinajstić information content (AvgIpc) is 1.72. The lowest BCUT2D eigenvalue weighted by Crippen LogP contribution is -2.04. The first kappa shape index (κ1) is 11.3. The van der Waals surface area contributed by atoms with Crippen LogP contribution in [-0.4, -0.2) is 19.6 Å². The first-order valence-corrected chi connectivity index (χ1v) is 5.80. The van der Waals surface area contributed by atoms with Crippen molar-refractivity contribution in [3.8, 4) is 0 Å². The lowest BCUT2D eigenvalue weighted by atomic mass is 10.9. The summed E-state index contributed by atoms with van der Waals surface area (Å²) in [6, 6.07) is 0. The van der Waals surface area contributed by atoms with Crippen molar-refractivity contribution in [2.45, 2.75) is 36.6 Å². The Morgan fingerprint density at radius 3 is 1.12 bits per heavy atom. The van der Waals surface area contributed by atoms with Crippen LogP contribution in [-0.2, 0) is 0 Å². The third-order valence-corrected chi connectivity index (χ3v) is 5.20. The molecule has 0 aromatic rings. The van der Waals surface area contributed by atoms with Crippen LogP contribution >= 0.6 is 0 Å². The Labute approximate surface area is 56.8 Å². The van der Waals surface area contributed by atoms with Gasteiger partial charge in [0.15, 0.2) is 0 Å². The van der Waals surface area contributed by atoms with Crippen LogP contribution in [0.2, 0.25) is 15.8 Å². The summed E-state index contributed by atoms with van der Waals surface area (Å²) in [7, 11) is 0. The standard InChI is InChI=1S/3C2H5.Al.H2O/c3*1-2;;/h3*1H2,2H3;;1H2. The van der Waals surface area contributed by atoms with Crippen molar-refractivity contribution in [3.05, 3.63) is 0 Å². The van der Waals surface area contributed by atoms with Gasteiger partial charge in [-0.25, -0.2) is 0 Å². The number of hydrogen-bond donors (Lipinski definition) is 0. The molecule has 0 bridgehead atoms. The maximum Gasteiger partial charge on any atom is 0.261 e. The number of rotatable bonds is 3. The van der Waals surface area contributed by atoms with E-state index < -0.39 is 0 Å². The summed E-state index contributed by atoms with van der Waals surface area (Å²) in [5, 5.41) is 4.48. The highest BCUT2D eigenvalue weighted by atomic mass is 27.2. The van der Waals surface area contributed by atoms with Crippen molar-refractivity contribution in [2.75, 3.05) is 0 Å². The molecule has 2 heteroatoms. The minimum Gasteiger partial charge on any atom is -0.412 e. The zero-order chi connectivity index (χ0) is 5.70. The molecule has 2 N–H and O–H groups in total. The van der Waals surface area contributed by atoms with Gasteiger partial charge < -0.3 is 5.48 Å². The van der Waals surface area contributed by atoms with E-state index in [0.717, 1.165) is 0 Å². The molecule has 0 unspecified atom stereocenters. The molecule has 0 rings (SSSR count). The summed E-state index contributed by atoms with van der Waals surface area (Å²) in [4.78, 5) is 0. The van der Waals surface area contributed by atoms with Crippen molar-refractivity contribution in [1.29, 1.82) is 0 Å². The lowest BCUT2D eigenvalue weighted by Gasteiger charge is -1.97. The smallest absolute Gasteiger partial charge is 0.261 e. The molecule has 0 amide bonds. The summed E-state index contributed by atoms with van der Waals surface area (Å²) in [5.41, 5.74) is 0. The van der Waals surface area contributed by atoms with Crippen LogP contribution in [0.5, 0.6) is 0 Å². The van der Waals surface area contributed by atoms with Crippen molar-refractivity contribution in [2.24, 2.45) is 0 Å².